The lowest BCUT2D eigenvalue weighted by atomic mass is 10.2. The normalized spacial score (nSPS) is 9.83. The standard InChI is InChI=1S/C13H9ClN2O2/c14-12(17)10-5-1-2-6-11(10)16-13(18)9-4-3-7-15-8-9/h1-8H,(H,16,18). The fraction of sp³-hybridized carbons (Fsp3) is 0. The van der Waals surface area contributed by atoms with E-state index in [-0.39, 0.29) is 11.5 Å². The molecule has 90 valence electrons. The molecule has 18 heavy (non-hydrogen) atoms. The monoisotopic (exact) mass is 260 g/mol. The zero-order valence-corrected chi connectivity index (χ0v) is 10.0. The molecule has 0 aliphatic rings. The number of hydrogen-bond donors (Lipinski definition) is 1. The Hall–Kier alpha value is -2.20. The van der Waals surface area contributed by atoms with Crippen molar-refractivity contribution in [1.82, 2.24) is 4.98 Å². The first-order valence-electron chi connectivity index (χ1n) is 5.18. The van der Waals surface area contributed by atoms with Gasteiger partial charge in [-0.05, 0) is 35.9 Å². The highest BCUT2D eigenvalue weighted by molar-refractivity contribution is 6.68. The first-order chi connectivity index (χ1) is 8.68. The maximum Gasteiger partial charge on any atom is 0.257 e. The van der Waals surface area contributed by atoms with Crippen molar-refractivity contribution in [2.75, 3.05) is 5.32 Å². The van der Waals surface area contributed by atoms with E-state index in [0.717, 1.165) is 0 Å². The Bertz CT molecular complexity index is 585. The van der Waals surface area contributed by atoms with Crippen LogP contribution in [0.5, 0.6) is 0 Å². The van der Waals surface area contributed by atoms with E-state index in [1.165, 1.54) is 6.20 Å². The molecule has 1 heterocycles. The minimum atomic E-state index is -0.614. The van der Waals surface area contributed by atoms with E-state index >= 15 is 0 Å². The molecule has 0 bridgehead atoms. The highest BCUT2D eigenvalue weighted by Gasteiger charge is 2.11. The Morgan fingerprint density at radius 2 is 1.89 bits per heavy atom. The largest absolute Gasteiger partial charge is 0.321 e. The van der Waals surface area contributed by atoms with Gasteiger partial charge in [-0.1, -0.05) is 12.1 Å². The summed E-state index contributed by atoms with van der Waals surface area (Å²) in [7, 11) is 0. The number of aromatic nitrogens is 1. The molecule has 1 aromatic heterocycles. The Morgan fingerprint density at radius 1 is 1.11 bits per heavy atom. The first kappa shape index (κ1) is 12.3. The smallest absolute Gasteiger partial charge is 0.257 e. The number of hydrogen-bond acceptors (Lipinski definition) is 3. The van der Waals surface area contributed by atoms with Gasteiger partial charge in [0, 0.05) is 12.4 Å². The molecule has 0 atom stereocenters. The van der Waals surface area contributed by atoms with Crippen molar-refractivity contribution in [2.45, 2.75) is 0 Å². The molecule has 0 fully saturated rings. The summed E-state index contributed by atoms with van der Waals surface area (Å²) in [6, 6.07) is 9.84. The van der Waals surface area contributed by atoms with Crippen LogP contribution in [-0.2, 0) is 0 Å². The van der Waals surface area contributed by atoms with Crippen LogP contribution in [0.25, 0.3) is 0 Å². The van der Waals surface area contributed by atoms with Crippen LogP contribution in [0.3, 0.4) is 0 Å². The summed E-state index contributed by atoms with van der Waals surface area (Å²) < 4.78 is 0. The number of carbonyl (C=O) groups is 2. The summed E-state index contributed by atoms with van der Waals surface area (Å²) >= 11 is 5.44. The topological polar surface area (TPSA) is 59.1 Å². The van der Waals surface area contributed by atoms with Crippen LogP contribution in [0.2, 0.25) is 0 Å². The number of benzene rings is 1. The molecule has 2 rings (SSSR count). The Balaban J connectivity index is 2.25. The quantitative estimate of drug-likeness (QED) is 0.863. The predicted octanol–water partition coefficient (Wildman–Crippen LogP) is 2.71. The van der Waals surface area contributed by atoms with Crippen LogP contribution in [0.15, 0.2) is 48.8 Å². The Kier molecular flexibility index (Phi) is 3.69. The summed E-state index contributed by atoms with van der Waals surface area (Å²) in [4.78, 5) is 26.9. The van der Waals surface area contributed by atoms with Gasteiger partial charge in [0.05, 0.1) is 16.8 Å². The molecule has 0 saturated heterocycles. The molecule has 0 spiro atoms. The number of para-hydroxylation sites is 1. The molecule has 0 aliphatic heterocycles. The molecule has 1 N–H and O–H groups in total. The second kappa shape index (κ2) is 5.42. The van der Waals surface area contributed by atoms with Crippen molar-refractivity contribution >= 4 is 28.4 Å². The molecule has 5 heteroatoms. The molecule has 4 nitrogen and oxygen atoms in total. The van der Waals surface area contributed by atoms with Gasteiger partial charge in [0.1, 0.15) is 0 Å². The van der Waals surface area contributed by atoms with Crippen LogP contribution >= 0.6 is 11.6 Å². The number of carbonyl (C=O) groups excluding carboxylic acids is 2. The molecule has 0 aliphatic carbocycles. The van der Waals surface area contributed by atoms with Crippen molar-refractivity contribution < 1.29 is 9.59 Å². The maximum atomic E-state index is 11.9. The number of rotatable bonds is 3. The lowest BCUT2D eigenvalue weighted by molar-refractivity contribution is 0.102. The van der Waals surface area contributed by atoms with E-state index in [1.807, 2.05) is 0 Å². The average molecular weight is 261 g/mol. The van der Waals surface area contributed by atoms with Crippen molar-refractivity contribution in [3.63, 3.8) is 0 Å². The maximum absolute atomic E-state index is 11.9. The Labute approximate surface area is 109 Å². The van der Waals surface area contributed by atoms with Crippen LogP contribution < -0.4 is 5.32 Å². The van der Waals surface area contributed by atoms with Gasteiger partial charge in [-0.3, -0.25) is 14.6 Å². The van der Waals surface area contributed by atoms with E-state index in [0.29, 0.717) is 11.3 Å². The molecule has 0 unspecified atom stereocenters. The first-order valence-corrected chi connectivity index (χ1v) is 5.56. The van der Waals surface area contributed by atoms with Gasteiger partial charge < -0.3 is 5.32 Å². The molecule has 2 aromatic rings. The van der Waals surface area contributed by atoms with Crippen molar-refractivity contribution in [3.05, 3.63) is 59.9 Å². The fourth-order valence-electron chi connectivity index (χ4n) is 1.46. The Morgan fingerprint density at radius 3 is 2.56 bits per heavy atom. The second-order valence-electron chi connectivity index (χ2n) is 3.52. The summed E-state index contributed by atoms with van der Waals surface area (Å²) in [6.07, 6.45) is 3.02. The van der Waals surface area contributed by atoms with Gasteiger partial charge in [-0.25, -0.2) is 0 Å². The van der Waals surface area contributed by atoms with Gasteiger partial charge in [0.2, 0.25) is 0 Å². The van der Waals surface area contributed by atoms with Crippen LogP contribution in [0.4, 0.5) is 5.69 Å². The van der Waals surface area contributed by atoms with Crippen LogP contribution in [-0.4, -0.2) is 16.1 Å². The summed E-state index contributed by atoms with van der Waals surface area (Å²) in [6.45, 7) is 0. The summed E-state index contributed by atoms with van der Waals surface area (Å²) in [5.41, 5.74) is 1.05. The van der Waals surface area contributed by atoms with Crippen molar-refractivity contribution in [1.29, 1.82) is 0 Å². The van der Waals surface area contributed by atoms with Crippen LogP contribution in [0.1, 0.15) is 20.7 Å². The number of halogens is 1. The molecule has 0 saturated carbocycles. The zero-order chi connectivity index (χ0) is 13.0. The van der Waals surface area contributed by atoms with E-state index < -0.39 is 5.24 Å². The van der Waals surface area contributed by atoms with Crippen molar-refractivity contribution in [3.8, 4) is 0 Å². The van der Waals surface area contributed by atoms with E-state index in [9.17, 15) is 9.59 Å². The lowest BCUT2D eigenvalue weighted by Crippen LogP contribution is -2.14. The molecule has 1 aromatic carbocycles. The third kappa shape index (κ3) is 2.73. The number of nitrogens with zero attached hydrogens (tertiary/aromatic N) is 1. The van der Waals surface area contributed by atoms with Gasteiger partial charge in [0.15, 0.2) is 0 Å². The molecular weight excluding hydrogens is 252 g/mol. The predicted molar refractivity (Wildman–Crippen MR) is 68.8 cm³/mol. The van der Waals surface area contributed by atoms with Gasteiger partial charge in [-0.2, -0.15) is 0 Å². The highest BCUT2D eigenvalue weighted by atomic mass is 35.5. The number of anilines is 1. The van der Waals surface area contributed by atoms with Gasteiger partial charge in [-0.15, -0.1) is 0 Å². The summed E-state index contributed by atoms with van der Waals surface area (Å²) in [5.74, 6) is -0.339. The number of nitrogens with one attached hydrogen (secondary N) is 1. The minimum Gasteiger partial charge on any atom is -0.321 e. The third-order valence-electron chi connectivity index (χ3n) is 2.31. The minimum absolute atomic E-state index is 0.261. The SMILES string of the molecule is O=C(Nc1ccccc1C(=O)Cl)c1cccnc1. The molecule has 1 amide bonds. The number of pyridine rings is 1. The fourth-order valence-corrected chi connectivity index (χ4v) is 1.62. The average Bonchev–Trinajstić information content (AvgIpc) is 2.40. The van der Waals surface area contributed by atoms with Gasteiger partial charge >= 0.3 is 0 Å². The highest BCUT2D eigenvalue weighted by Crippen LogP contribution is 2.17. The zero-order valence-electron chi connectivity index (χ0n) is 9.26. The summed E-state index contributed by atoms with van der Waals surface area (Å²) in [5, 5.41) is 2.01. The lowest BCUT2D eigenvalue weighted by Gasteiger charge is -2.07. The van der Waals surface area contributed by atoms with E-state index in [4.69, 9.17) is 11.6 Å². The van der Waals surface area contributed by atoms with E-state index in [2.05, 4.69) is 10.3 Å². The van der Waals surface area contributed by atoms with Crippen LogP contribution in [0, 0.1) is 0 Å². The second-order valence-corrected chi connectivity index (χ2v) is 3.86. The molecule has 0 radical (unpaired) electrons. The number of amides is 1. The third-order valence-corrected chi connectivity index (χ3v) is 2.51. The molecular formula is C13H9ClN2O2. The van der Waals surface area contributed by atoms with Gasteiger partial charge in [0.25, 0.3) is 11.1 Å². The van der Waals surface area contributed by atoms with E-state index in [1.54, 1.807) is 42.6 Å². The van der Waals surface area contributed by atoms with Crippen molar-refractivity contribution in [2.24, 2.45) is 0 Å².